The van der Waals surface area contributed by atoms with E-state index in [1.165, 1.54) is 6.07 Å². The van der Waals surface area contributed by atoms with Crippen molar-refractivity contribution in [2.24, 2.45) is 0 Å². The van der Waals surface area contributed by atoms with E-state index in [4.69, 9.17) is 21.1 Å². The fourth-order valence-corrected chi connectivity index (χ4v) is 1.52. The lowest BCUT2D eigenvalue weighted by molar-refractivity contribution is -0.126. The second-order valence-electron chi connectivity index (χ2n) is 3.35. The third-order valence-corrected chi connectivity index (χ3v) is 2.33. The van der Waals surface area contributed by atoms with Crippen LogP contribution in [0, 0.1) is 5.82 Å². The lowest BCUT2D eigenvalue weighted by Crippen LogP contribution is -2.26. The van der Waals surface area contributed by atoms with Gasteiger partial charge in [0.05, 0.1) is 12.2 Å². The van der Waals surface area contributed by atoms with E-state index in [-0.39, 0.29) is 12.1 Å². The van der Waals surface area contributed by atoms with Crippen LogP contribution in [0.25, 0.3) is 0 Å². The molecule has 0 atom stereocenters. The molecule has 0 aliphatic carbocycles. The van der Waals surface area contributed by atoms with E-state index in [9.17, 15) is 4.39 Å². The molecule has 0 saturated carbocycles. The summed E-state index contributed by atoms with van der Waals surface area (Å²) in [4.78, 5) is 0. The molecule has 1 N–H and O–H groups in total. The molecule has 0 aliphatic rings. The molecule has 96 valence electrons. The maximum atomic E-state index is 13.4. The molecular formula is C12H17ClFNO2. The maximum Gasteiger partial charge on any atom is 0.174 e. The van der Waals surface area contributed by atoms with Gasteiger partial charge in [-0.05, 0) is 32.0 Å². The normalized spacial score (nSPS) is 10.9. The Bertz CT molecular complexity index is 343. The van der Waals surface area contributed by atoms with Crippen molar-refractivity contribution in [3.8, 4) is 0 Å². The van der Waals surface area contributed by atoms with Crippen LogP contribution in [0.3, 0.4) is 0 Å². The molecule has 1 aromatic rings. The molecule has 5 heteroatoms. The molecule has 0 spiro atoms. The molecule has 0 bridgehead atoms. The minimum absolute atomic E-state index is 0.374. The fraction of sp³-hybridized carbons (Fsp3) is 0.500. The summed E-state index contributed by atoms with van der Waals surface area (Å²) in [5.74, 6) is -0.385. The Morgan fingerprint density at radius 2 is 1.94 bits per heavy atom. The van der Waals surface area contributed by atoms with Crippen LogP contribution in [0.4, 0.5) is 10.1 Å². The van der Waals surface area contributed by atoms with Crippen LogP contribution < -0.4 is 5.32 Å². The van der Waals surface area contributed by atoms with Crippen LogP contribution in [0.15, 0.2) is 18.2 Å². The van der Waals surface area contributed by atoms with Gasteiger partial charge in [-0.15, -0.1) is 0 Å². The monoisotopic (exact) mass is 261 g/mol. The van der Waals surface area contributed by atoms with Gasteiger partial charge in [0.1, 0.15) is 5.82 Å². The van der Waals surface area contributed by atoms with Crippen LogP contribution in [0.5, 0.6) is 0 Å². The van der Waals surface area contributed by atoms with Crippen LogP contribution in [0.1, 0.15) is 13.8 Å². The van der Waals surface area contributed by atoms with E-state index < -0.39 is 0 Å². The smallest absolute Gasteiger partial charge is 0.174 e. The standard InChI is InChI=1S/C12H17ClFNO2/c1-3-16-12(17-4-2)8-15-11-6-5-9(13)7-10(11)14/h5-7,12,15H,3-4,8H2,1-2H3. The Hall–Kier alpha value is -0.840. The summed E-state index contributed by atoms with van der Waals surface area (Å²) in [7, 11) is 0. The third-order valence-electron chi connectivity index (χ3n) is 2.10. The Kier molecular flexibility index (Phi) is 6.26. The van der Waals surface area contributed by atoms with Gasteiger partial charge in [0.25, 0.3) is 0 Å². The zero-order valence-electron chi connectivity index (χ0n) is 10.0. The SMILES string of the molecule is CCOC(CNc1ccc(Cl)cc1F)OCC. The van der Waals surface area contributed by atoms with E-state index in [0.29, 0.717) is 30.5 Å². The highest BCUT2D eigenvalue weighted by Gasteiger charge is 2.09. The zero-order valence-corrected chi connectivity index (χ0v) is 10.8. The highest BCUT2D eigenvalue weighted by Crippen LogP contribution is 2.18. The second-order valence-corrected chi connectivity index (χ2v) is 3.78. The van der Waals surface area contributed by atoms with Gasteiger partial charge in [0.2, 0.25) is 0 Å². The topological polar surface area (TPSA) is 30.5 Å². The first-order valence-corrected chi connectivity index (χ1v) is 5.97. The van der Waals surface area contributed by atoms with E-state index >= 15 is 0 Å². The first-order chi connectivity index (χ1) is 8.17. The molecule has 0 heterocycles. The van der Waals surface area contributed by atoms with Gasteiger partial charge in [0, 0.05) is 18.2 Å². The Morgan fingerprint density at radius 1 is 1.29 bits per heavy atom. The summed E-state index contributed by atoms with van der Waals surface area (Å²) >= 11 is 5.66. The summed E-state index contributed by atoms with van der Waals surface area (Å²) in [6.45, 7) is 5.26. The molecule has 0 amide bonds. The van der Waals surface area contributed by atoms with E-state index in [2.05, 4.69) is 5.32 Å². The number of nitrogens with one attached hydrogen (secondary N) is 1. The van der Waals surface area contributed by atoms with Crippen molar-refractivity contribution in [2.75, 3.05) is 25.1 Å². The Morgan fingerprint density at radius 3 is 2.47 bits per heavy atom. The van der Waals surface area contributed by atoms with Gasteiger partial charge >= 0.3 is 0 Å². The van der Waals surface area contributed by atoms with Gasteiger partial charge in [-0.3, -0.25) is 0 Å². The number of rotatable bonds is 7. The van der Waals surface area contributed by atoms with Gasteiger partial charge in [-0.1, -0.05) is 11.6 Å². The molecule has 0 fully saturated rings. The molecule has 3 nitrogen and oxygen atoms in total. The van der Waals surface area contributed by atoms with Crippen molar-refractivity contribution in [3.63, 3.8) is 0 Å². The van der Waals surface area contributed by atoms with Gasteiger partial charge < -0.3 is 14.8 Å². The van der Waals surface area contributed by atoms with Crippen molar-refractivity contribution in [1.29, 1.82) is 0 Å². The Balaban J connectivity index is 2.52. The van der Waals surface area contributed by atoms with Crippen molar-refractivity contribution in [3.05, 3.63) is 29.0 Å². The van der Waals surface area contributed by atoms with Crippen LogP contribution in [0.2, 0.25) is 5.02 Å². The van der Waals surface area contributed by atoms with Crippen molar-refractivity contribution in [1.82, 2.24) is 0 Å². The maximum absolute atomic E-state index is 13.4. The Labute approximate surface area is 106 Å². The van der Waals surface area contributed by atoms with Crippen LogP contribution in [-0.4, -0.2) is 26.0 Å². The second kappa shape index (κ2) is 7.48. The summed E-state index contributed by atoms with van der Waals surface area (Å²) in [5.41, 5.74) is 0.388. The zero-order chi connectivity index (χ0) is 12.7. The average Bonchev–Trinajstić information content (AvgIpc) is 2.28. The van der Waals surface area contributed by atoms with Crippen molar-refractivity contribution < 1.29 is 13.9 Å². The summed E-state index contributed by atoms with van der Waals surface area (Å²) in [5, 5.41) is 3.30. The number of halogens is 2. The predicted molar refractivity (Wildman–Crippen MR) is 66.9 cm³/mol. The molecule has 0 saturated heterocycles. The van der Waals surface area contributed by atoms with E-state index in [1.54, 1.807) is 12.1 Å². The molecule has 1 aromatic carbocycles. The molecule has 1 rings (SSSR count). The van der Waals surface area contributed by atoms with Crippen LogP contribution in [-0.2, 0) is 9.47 Å². The van der Waals surface area contributed by atoms with Crippen molar-refractivity contribution in [2.45, 2.75) is 20.1 Å². The highest BCUT2D eigenvalue weighted by atomic mass is 35.5. The lowest BCUT2D eigenvalue weighted by atomic mass is 10.3. The van der Waals surface area contributed by atoms with Crippen molar-refractivity contribution >= 4 is 17.3 Å². The third kappa shape index (κ3) is 4.89. The lowest BCUT2D eigenvalue weighted by Gasteiger charge is -2.18. The number of hydrogen-bond acceptors (Lipinski definition) is 3. The molecule has 0 aromatic heterocycles. The van der Waals surface area contributed by atoms with Gasteiger partial charge in [-0.25, -0.2) is 4.39 Å². The molecular weight excluding hydrogens is 245 g/mol. The molecule has 0 radical (unpaired) electrons. The molecule has 0 unspecified atom stereocenters. The van der Waals surface area contributed by atoms with Gasteiger partial charge in [-0.2, -0.15) is 0 Å². The highest BCUT2D eigenvalue weighted by molar-refractivity contribution is 6.30. The molecule has 0 aliphatic heterocycles. The predicted octanol–water partition coefficient (Wildman–Crippen LogP) is 3.29. The van der Waals surface area contributed by atoms with Gasteiger partial charge in [0.15, 0.2) is 6.29 Å². The van der Waals surface area contributed by atoms with E-state index in [0.717, 1.165) is 0 Å². The quantitative estimate of drug-likeness (QED) is 0.764. The number of hydrogen-bond donors (Lipinski definition) is 1. The summed E-state index contributed by atoms with van der Waals surface area (Å²) < 4.78 is 24.1. The number of ether oxygens (including phenoxy) is 2. The van der Waals surface area contributed by atoms with E-state index in [1.807, 2.05) is 13.8 Å². The number of benzene rings is 1. The summed E-state index contributed by atoms with van der Waals surface area (Å²) in [6, 6.07) is 4.48. The minimum Gasteiger partial charge on any atom is -0.378 e. The molecule has 17 heavy (non-hydrogen) atoms. The first-order valence-electron chi connectivity index (χ1n) is 5.59. The number of anilines is 1. The minimum atomic E-state index is -0.385. The largest absolute Gasteiger partial charge is 0.378 e. The first kappa shape index (κ1) is 14.2. The average molecular weight is 262 g/mol. The summed E-state index contributed by atoms with van der Waals surface area (Å²) in [6.07, 6.45) is -0.375. The fourth-order valence-electron chi connectivity index (χ4n) is 1.36. The van der Waals surface area contributed by atoms with Crippen LogP contribution >= 0.6 is 11.6 Å².